The fourth-order valence-corrected chi connectivity index (χ4v) is 2.44. The molecule has 112 valence electrons. The SMILES string of the molecule is CC1CN(C)CCC1Nc1cc(C(F)(F)F)nc(N)n1. The van der Waals surface area contributed by atoms with Gasteiger partial charge in [-0.2, -0.15) is 18.2 Å². The van der Waals surface area contributed by atoms with Crippen LogP contribution in [0.15, 0.2) is 6.07 Å². The van der Waals surface area contributed by atoms with Gasteiger partial charge >= 0.3 is 6.18 Å². The molecular weight excluding hydrogens is 271 g/mol. The molecule has 2 unspecified atom stereocenters. The molecule has 0 saturated carbocycles. The van der Waals surface area contributed by atoms with Gasteiger partial charge in [0.1, 0.15) is 5.82 Å². The summed E-state index contributed by atoms with van der Waals surface area (Å²) in [6, 6.07) is 0.989. The minimum Gasteiger partial charge on any atom is -0.368 e. The molecule has 2 atom stereocenters. The molecule has 20 heavy (non-hydrogen) atoms. The van der Waals surface area contributed by atoms with Crippen molar-refractivity contribution in [2.75, 3.05) is 31.2 Å². The maximum Gasteiger partial charge on any atom is 0.433 e. The Morgan fingerprint density at radius 3 is 2.70 bits per heavy atom. The summed E-state index contributed by atoms with van der Waals surface area (Å²) in [5.74, 6) is 0.0772. The molecule has 0 spiro atoms. The second-order valence-corrected chi connectivity index (χ2v) is 5.27. The van der Waals surface area contributed by atoms with Crippen LogP contribution < -0.4 is 11.1 Å². The zero-order valence-electron chi connectivity index (χ0n) is 11.4. The van der Waals surface area contributed by atoms with Crippen molar-refractivity contribution in [1.29, 1.82) is 0 Å². The molecule has 8 heteroatoms. The van der Waals surface area contributed by atoms with Gasteiger partial charge in [0.15, 0.2) is 5.69 Å². The van der Waals surface area contributed by atoms with Crippen molar-refractivity contribution in [3.8, 4) is 0 Å². The third-order valence-corrected chi connectivity index (χ3v) is 3.48. The Hall–Kier alpha value is -1.57. The highest BCUT2D eigenvalue weighted by atomic mass is 19.4. The van der Waals surface area contributed by atoms with Crippen LogP contribution in [-0.2, 0) is 6.18 Å². The minimum absolute atomic E-state index is 0.0848. The Kier molecular flexibility index (Phi) is 4.03. The normalized spacial score (nSPS) is 24.6. The van der Waals surface area contributed by atoms with Crippen molar-refractivity contribution >= 4 is 11.8 Å². The number of nitrogen functional groups attached to an aromatic ring is 1. The smallest absolute Gasteiger partial charge is 0.368 e. The van der Waals surface area contributed by atoms with Gasteiger partial charge in [-0.05, 0) is 25.9 Å². The second kappa shape index (κ2) is 5.43. The second-order valence-electron chi connectivity index (χ2n) is 5.27. The maximum absolute atomic E-state index is 12.7. The molecule has 2 rings (SSSR count). The highest BCUT2D eigenvalue weighted by molar-refractivity contribution is 5.42. The Morgan fingerprint density at radius 1 is 1.40 bits per heavy atom. The van der Waals surface area contributed by atoms with E-state index in [0.717, 1.165) is 25.6 Å². The van der Waals surface area contributed by atoms with Gasteiger partial charge in [0.25, 0.3) is 0 Å². The number of rotatable bonds is 2. The zero-order valence-corrected chi connectivity index (χ0v) is 11.4. The summed E-state index contributed by atoms with van der Waals surface area (Å²) in [6.45, 7) is 3.85. The molecule has 1 aliphatic rings. The van der Waals surface area contributed by atoms with E-state index in [4.69, 9.17) is 5.73 Å². The molecule has 1 saturated heterocycles. The number of nitrogens with zero attached hydrogens (tertiary/aromatic N) is 3. The van der Waals surface area contributed by atoms with Crippen LogP contribution in [0, 0.1) is 5.92 Å². The lowest BCUT2D eigenvalue weighted by atomic mass is 9.94. The molecule has 1 aromatic heterocycles. The van der Waals surface area contributed by atoms with E-state index in [-0.39, 0.29) is 17.8 Å². The zero-order chi connectivity index (χ0) is 14.9. The van der Waals surface area contributed by atoms with Gasteiger partial charge < -0.3 is 16.0 Å². The summed E-state index contributed by atoms with van der Waals surface area (Å²) in [5, 5.41) is 3.05. The first-order valence-electron chi connectivity index (χ1n) is 6.42. The summed E-state index contributed by atoms with van der Waals surface area (Å²) in [6.07, 6.45) is -3.67. The molecule has 0 radical (unpaired) electrons. The van der Waals surface area contributed by atoms with Crippen LogP contribution in [0.1, 0.15) is 19.0 Å². The Bertz CT molecular complexity index is 477. The number of nitrogens with two attached hydrogens (primary N) is 1. The van der Waals surface area contributed by atoms with E-state index in [2.05, 4.69) is 27.1 Å². The first-order chi connectivity index (χ1) is 9.25. The average Bonchev–Trinajstić information content (AvgIpc) is 2.31. The molecule has 5 nitrogen and oxygen atoms in total. The highest BCUT2D eigenvalue weighted by Crippen LogP contribution is 2.30. The lowest BCUT2D eigenvalue weighted by Crippen LogP contribution is -2.43. The minimum atomic E-state index is -4.52. The number of anilines is 2. The Balaban J connectivity index is 2.15. The summed E-state index contributed by atoms with van der Waals surface area (Å²) in [7, 11) is 2.02. The van der Waals surface area contributed by atoms with E-state index in [9.17, 15) is 13.2 Å². The molecule has 0 bridgehead atoms. The summed E-state index contributed by atoms with van der Waals surface area (Å²) in [4.78, 5) is 9.25. The van der Waals surface area contributed by atoms with Gasteiger partial charge in [-0.3, -0.25) is 0 Å². The van der Waals surface area contributed by atoms with Gasteiger partial charge in [-0.15, -0.1) is 0 Å². The predicted octanol–water partition coefficient (Wildman–Crippen LogP) is 1.83. The lowest BCUT2D eigenvalue weighted by molar-refractivity contribution is -0.141. The molecule has 1 aliphatic heterocycles. The van der Waals surface area contributed by atoms with Gasteiger partial charge in [0.05, 0.1) is 0 Å². The summed E-state index contributed by atoms with van der Waals surface area (Å²) >= 11 is 0. The molecule has 1 aromatic rings. The van der Waals surface area contributed by atoms with Crippen LogP contribution in [0.2, 0.25) is 0 Å². The Morgan fingerprint density at radius 2 is 2.10 bits per heavy atom. The molecule has 3 N–H and O–H groups in total. The number of piperidine rings is 1. The topological polar surface area (TPSA) is 67.1 Å². The van der Waals surface area contributed by atoms with Crippen LogP contribution >= 0.6 is 0 Å². The van der Waals surface area contributed by atoms with Gasteiger partial charge in [-0.25, -0.2) is 4.98 Å². The van der Waals surface area contributed by atoms with E-state index in [1.165, 1.54) is 0 Å². The lowest BCUT2D eigenvalue weighted by Gasteiger charge is -2.35. The number of alkyl halides is 3. The van der Waals surface area contributed by atoms with Gasteiger partial charge in [-0.1, -0.05) is 6.92 Å². The van der Waals surface area contributed by atoms with Gasteiger partial charge in [0.2, 0.25) is 5.95 Å². The quantitative estimate of drug-likeness (QED) is 0.869. The van der Waals surface area contributed by atoms with Crippen molar-refractivity contribution in [2.24, 2.45) is 5.92 Å². The monoisotopic (exact) mass is 289 g/mol. The van der Waals surface area contributed by atoms with Crippen LogP contribution in [0.4, 0.5) is 24.9 Å². The standard InChI is InChI=1S/C12H18F3N5/c1-7-6-20(2)4-3-8(7)17-10-5-9(12(13,14)15)18-11(16)19-10/h5,7-8H,3-4,6H2,1-2H3,(H3,16,17,18,19). The average molecular weight is 289 g/mol. The first-order valence-corrected chi connectivity index (χ1v) is 6.42. The van der Waals surface area contributed by atoms with Crippen LogP contribution in [-0.4, -0.2) is 41.0 Å². The summed E-state index contributed by atoms with van der Waals surface area (Å²) in [5.41, 5.74) is 4.33. The van der Waals surface area contributed by atoms with E-state index in [1.54, 1.807) is 0 Å². The molecule has 1 fully saturated rings. The highest BCUT2D eigenvalue weighted by Gasteiger charge is 2.34. The number of likely N-dealkylation sites (tertiary alicyclic amines) is 1. The number of aromatic nitrogens is 2. The van der Waals surface area contributed by atoms with E-state index >= 15 is 0 Å². The molecular formula is C12H18F3N5. The third kappa shape index (κ3) is 3.50. The fraction of sp³-hybridized carbons (Fsp3) is 0.667. The number of halogens is 3. The first kappa shape index (κ1) is 14.8. The van der Waals surface area contributed by atoms with Crippen LogP contribution in [0.5, 0.6) is 0 Å². The Labute approximate surface area is 115 Å². The van der Waals surface area contributed by atoms with E-state index in [1.807, 2.05) is 7.05 Å². The predicted molar refractivity (Wildman–Crippen MR) is 70.1 cm³/mol. The van der Waals surface area contributed by atoms with Crippen molar-refractivity contribution in [2.45, 2.75) is 25.6 Å². The van der Waals surface area contributed by atoms with Crippen LogP contribution in [0.3, 0.4) is 0 Å². The van der Waals surface area contributed by atoms with Crippen molar-refractivity contribution in [1.82, 2.24) is 14.9 Å². The number of hydrogen-bond donors (Lipinski definition) is 2. The molecule has 0 aromatic carbocycles. The molecule has 0 aliphatic carbocycles. The van der Waals surface area contributed by atoms with E-state index in [0.29, 0.717) is 5.92 Å². The van der Waals surface area contributed by atoms with Crippen molar-refractivity contribution in [3.63, 3.8) is 0 Å². The van der Waals surface area contributed by atoms with E-state index < -0.39 is 11.9 Å². The fourth-order valence-electron chi connectivity index (χ4n) is 2.44. The van der Waals surface area contributed by atoms with Crippen LogP contribution in [0.25, 0.3) is 0 Å². The van der Waals surface area contributed by atoms with Gasteiger partial charge in [0, 0.05) is 18.7 Å². The number of nitrogens with one attached hydrogen (secondary N) is 1. The van der Waals surface area contributed by atoms with Crippen molar-refractivity contribution < 1.29 is 13.2 Å². The molecule has 0 amide bonds. The number of hydrogen-bond acceptors (Lipinski definition) is 5. The van der Waals surface area contributed by atoms with Crippen molar-refractivity contribution in [3.05, 3.63) is 11.8 Å². The third-order valence-electron chi connectivity index (χ3n) is 3.48. The largest absolute Gasteiger partial charge is 0.433 e. The maximum atomic E-state index is 12.7. The summed E-state index contributed by atoms with van der Waals surface area (Å²) < 4.78 is 38.0. The molecule has 2 heterocycles.